The standard InChI is InChI=1S/C19H15FN2O3/c1-21-18(23)12-7-8-15(20)14(9-12)17-13-6-4-3-5-11(13)10-16(22-17)19(24)25-2/h3-10H,1-2H3,(H,21,23). The van der Waals surface area contributed by atoms with Crippen LogP contribution in [0.1, 0.15) is 20.8 Å². The number of benzene rings is 2. The van der Waals surface area contributed by atoms with E-state index < -0.39 is 11.8 Å². The summed E-state index contributed by atoms with van der Waals surface area (Å²) < 4.78 is 19.2. The third-order valence-corrected chi connectivity index (χ3v) is 3.85. The highest BCUT2D eigenvalue weighted by atomic mass is 19.1. The molecular weight excluding hydrogens is 323 g/mol. The Morgan fingerprint density at radius 1 is 1.12 bits per heavy atom. The lowest BCUT2D eigenvalue weighted by Gasteiger charge is -2.11. The number of fused-ring (bicyclic) bond motifs is 1. The zero-order valence-electron chi connectivity index (χ0n) is 13.7. The van der Waals surface area contributed by atoms with Crippen LogP contribution in [0.4, 0.5) is 4.39 Å². The number of ether oxygens (including phenoxy) is 1. The lowest BCUT2D eigenvalue weighted by Crippen LogP contribution is -2.17. The van der Waals surface area contributed by atoms with Gasteiger partial charge in [-0.25, -0.2) is 14.2 Å². The van der Waals surface area contributed by atoms with Gasteiger partial charge in [0.1, 0.15) is 11.5 Å². The van der Waals surface area contributed by atoms with Gasteiger partial charge in [-0.3, -0.25) is 4.79 Å². The fourth-order valence-corrected chi connectivity index (χ4v) is 2.61. The molecule has 1 heterocycles. The molecule has 5 nitrogen and oxygen atoms in total. The molecule has 0 radical (unpaired) electrons. The second-order valence-corrected chi connectivity index (χ2v) is 5.34. The molecule has 0 aliphatic carbocycles. The Bertz CT molecular complexity index is 986. The van der Waals surface area contributed by atoms with Crippen LogP contribution in [0.2, 0.25) is 0 Å². The van der Waals surface area contributed by atoms with Gasteiger partial charge in [0.05, 0.1) is 12.8 Å². The highest BCUT2D eigenvalue weighted by molar-refractivity contribution is 6.01. The van der Waals surface area contributed by atoms with Crippen LogP contribution in [0.15, 0.2) is 48.5 Å². The number of amides is 1. The number of hydrogen-bond acceptors (Lipinski definition) is 4. The van der Waals surface area contributed by atoms with Crippen molar-refractivity contribution in [3.05, 3.63) is 65.6 Å². The minimum absolute atomic E-state index is 0.0703. The molecule has 126 valence electrons. The first-order valence-corrected chi connectivity index (χ1v) is 7.55. The zero-order chi connectivity index (χ0) is 18.0. The van der Waals surface area contributed by atoms with Crippen molar-refractivity contribution in [3.63, 3.8) is 0 Å². The Balaban J connectivity index is 2.31. The highest BCUT2D eigenvalue weighted by Crippen LogP contribution is 2.30. The van der Waals surface area contributed by atoms with Gasteiger partial charge >= 0.3 is 5.97 Å². The van der Waals surface area contributed by atoms with Crippen LogP contribution < -0.4 is 5.32 Å². The minimum Gasteiger partial charge on any atom is -0.464 e. The predicted octanol–water partition coefficient (Wildman–Crippen LogP) is 3.19. The van der Waals surface area contributed by atoms with E-state index in [9.17, 15) is 14.0 Å². The number of rotatable bonds is 3. The van der Waals surface area contributed by atoms with Crippen molar-refractivity contribution in [2.45, 2.75) is 0 Å². The number of aromatic nitrogens is 1. The molecule has 1 aromatic heterocycles. The molecule has 0 saturated carbocycles. The van der Waals surface area contributed by atoms with Gasteiger partial charge in [0.25, 0.3) is 5.91 Å². The molecule has 0 saturated heterocycles. The summed E-state index contributed by atoms with van der Waals surface area (Å²) in [5.74, 6) is -1.49. The fourth-order valence-electron chi connectivity index (χ4n) is 2.61. The van der Waals surface area contributed by atoms with Gasteiger partial charge in [-0.05, 0) is 29.7 Å². The van der Waals surface area contributed by atoms with E-state index in [1.165, 1.54) is 32.4 Å². The van der Waals surface area contributed by atoms with Crippen LogP contribution in [-0.2, 0) is 4.74 Å². The molecule has 0 aliphatic rings. The van der Waals surface area contributed by atoms with E-state index in [1.807, 2.05) is 6.07 Å². The van der Waals surface area contributed by atoms with Crippen molar-refractivity contribution in [1.29, 1.82) is 0 Å². The number of nitrogens with one attached hydrogen (secondary N) is 1. The van der Waals surface area contributed by atoms with Gasteiger partial charge in [-0.1, -0.05) is 24.3 Å². The van der Waals surface area contributed by atoms with Crippen molar-refractivity contribution in [3.8, 4) is 11.3 Å². The molecule has 25 heavy (non-hydrogen) atoms. The predicted molar refractivity (Wildman–Crippen MR) is 91.9 cm³/mol. The smallest absolute Gasteiger partial charge is 0.356 e. The van der Waals surface area contributed by atoms with E-state index >= 15 is 0 Å². The van der Waals surface area contributed by atoms with Gasteiger partial charge < -0.3 is 10.1 Å². The second kappa shape index (κ2) is 6.68. The van der Waals surface area contributed by atoms with Crippen LogP contribution in [-0.4, -0.2) is 31.0 Å². The fraction of sp³-hybridized carbons (Fsp3) is 0.105. The van der Waals surface area contributed by atoms with E-state index in [0.29, 0.717) is 10.9 Å². The summed E-state index contributed by atoms with van der Waals surface area (Å²) in [6.45, 7) is 0. The molecule has 3 rings (SSSR count). The number of nitrogens with zero attached hydrogens (tertiary/aromatic N) is 1. The van der Waals surface area contributed by atoms with Gasteiger partial charge in [0, 0.05) is 23.6 Å². The topological polar surface area (TPSA) is 68.3 Å². The third kappa shape index (κ3) is 3.06. The summed E-state index contributed by atoms with van der Waals surface area (Å²) in [6.07, 6.45) is 0. The summed E-state index contributed by atoms with van der Waals surface area (Å²) in [7, 11) is 2.75. The maximum atomic E-state index is 14.5. The first kappa shape index (κ1) is 16.6. The monoisotopic (exact) mass is 338 g/mol. The van der Waals surface area contributed by atoms with Gasteiger partial charge in [-0.15, -0.1) is 0 Å². The van der Waals surface area contributed by atoms with E-state index in [2.05, 4.69) is 10.3 Å². The second-order valence-electron chi connectivity index (χ2n) is 5.34. The summed E-state index contributed by atoms with van der Waals surface area (Å²) in [5, 5.41) is 3.89. The Labute approximate surface area is 143 Å². The largest absolute Gasteiger partial charge is 0.464 e. The highest BCUT2D eigenvalue weighted by Gasteiger charge is 2.17. The minimum atomic E-state index is -0.616. The number of carbonyl (C=O) groups is 2. The molecule has 0 fully saturated rings. The molecule has 1 N–H and O–H groups in total. The van der Waals surface area contributed by atoms with Crippen LogP contribution in [0.3, 0.4) is 0 Å². The Morgan fingerprint density at radius 2 is 1.88 bits per heavy atom. The Kier molecular flexibility index (Phi) is 4.43. The zero-order valence-corrected chi connectivity index (χ0v) is 13.7. The van der Waals surface area contributed by atoms with Crippen molar-refractivity contribution in [2.24, 2.45) is 0 Å². The van der Waals surface area contributed by atoms with Gasteiger partial charge in [0.15, 0.2) is 0 Å². The summed E-state index contributed by atoms with van der Waals surface area (Å²) in [4.78, 5) is 28.1. The number of pyridine rings is 1. The number of methoxy groups -OCH3 is 1. The maximum absolute atomic E-state index is 14.5. The Hall–Kier alpha value is -3.28. The molecule has 3 aromatic rings. The van der Waals surface area contributed by atoms with Crippen molar-refractivity contribution in [1.82, 2.24) is 10.3 Å². The first-order chi connectivity index (χ1) is 12.0. The number of carbonyl (C=O) groups excluding carboxylic acids is 2. The quantitative estimate of drug-likeness (QED) is 0.745. The molecule has 2 aromatic carbocycles. The lowest BCUT2D eigenvalue weighted by atomic mass is 10.0. The van der Waals surface area contributed by atoms with Crippen molar-refractivity contribution < 1.29 is 18.7 Å². The van der Waals surface area contributed by atoms with Gasteiger partial charge in [0.2, 0.25) is 0 Å². The summed E-state index contributed by atoms with van der Waals surface area (Å²) >= 11 is 0. The normalized spacial score (nSPS) is 10.5. The summed E-state index contributed by atoms with van der Waals surface area (Å²) in [5.41, 5.74) is 0.791. The molecule has 1 amide bonds. The van der Waals surface area contributed by atoms with Gasteiger partial charge in [-0.2, -0.15) is 0 Å². The SMILES string of the molecule is CNC(=O)c1ccc(F)c(-c2nc(C(=O)OC)cc3ccccc23)c1. The van der Waals surface area contributed by atoms with Crippen molar-refractivity contribution in [2.75, 3.05) is 14.2 Å². The lowest BCUT2D eigenvalue weighted by molar-refractivity contribution is 0.0594. The Morgan fingerprint density at radius 3 is 2.60 bits per heavy atom. The van der Waals surface area contributed by atoms with Crippen LogP contribution in [0, 0.1) is 5.82 Å². The van der Waals surface area contributed by atoms with Crippen LogP contribution >= 0.6 is 0 Å². The molecule has 0 bridgehead atoms. The average molecular weight is 338 g/mol. The molecule has 0 aliphatic heterocycles. The van der Waals surface area contributed by atoms with E-state index in [1.54, 1.807) is 24.3 Å². The maximum Gasteiger partial charge on any atom is 0.356 e. The third-order valence-electron chi connectivity index (χ3n) is 3.85. The molecule has 0 unspecified atom stereocenters. The average Bonchev–Trinajstić information content (AvgIpc) is 2.66. The number of hydrogen-bond donors (Lipinski definition) is 1. The number of halogens is 1. The molecule has 0 atom stereocenters. The number of esters is 1. The van der Waals surface area contributed by atoms with E-state index in [4.69, 9.17) is 4.74 Å². The summed E-state index contributed by atoms with van der Waals surface area (Å²) in [6, 6.07) is 12.8. The van der Waals surface area contributed by atoms with Crippen LogP contribution in [0.25, 0.3) is 22.0 Å². The molecule has 0 spiro atoms. The van der Waals surface area contributed by atoms with Crippen LogP contribution in [0.5, 0.6) is 0 Å². The first-order valence-electron chi connectivity index (χ1n) is 7.55. The van der Waals surface area contributed by atoms with E-state index in [0.717, 1.165) is 5.39 Å². The van der Waals surface area contributed by atoms with E-state index in [-0.39, 0.29) is 22.9 Å². The molecular formula is C19H15FN2O3. The van der Waals surface area contributed by atoms with Crippen molar-refractivity contribution >= 4 is 22.6 Å². The molecule has 6 heteroatoms.